The Kier molecular flexibility index (Phi) is 2.78. The van der Waals surface area contributed by atoms with E-state index in [0.717, 1.165) is 16.9 Å². The first-order valence-electron chi connectivity index (χ1n) is 6.69. The Morgan fingerprint density at radius 1 is 1.11 bits per heavy atom. The third-order valence-corrected chi connectivity index (χ3v) is 4.25. The minimum absolute atomic E-state index is 0.260. The SMILES string of the molecule is CN1[CH]N(C)c2cc(C3(O)CCC(=O)CC3)ccc21. The summed E-state index contributed by atoms with van der Waals surface area (Å²) in [4.78, 5) is 15.4. The standard InChI is InChI=1S/C15H19N2O2/c1-16-10-17(2)14-9-11(3-4-13(14)16)15(19)7-5-12(18)6-8-15/h3-4,9-10,19H,5-8H2,1-2H3. The fourth-order valence-electron chi connectivity index (χ4n) is 3.01. The largest absolute Gasteiger partial charge is 0.385 e. The third kappa shape index (κ3) is 2.00. The average Bonchev–Trinajstić information content (AvgIpc) is 2.69. The average molecular weight is 259 g/mol. The van der Waals surface area contributed by atoms with Gasteiger partial charge in [0, 0.05) is 26.9 Å². The lowest BCUT2D eigenvalue weighted by Crippen LogP contribution is -2.31. The molecule has 1 radical (unpaired) electrons. The van der Waals surface area contributed by atoms with Crippen LogP contribution < -0.4 is 9.80 Å². The highest BCUT2D eigenvalue weighted by Crippen LogP contribution is 2.42. The van der Waals surface area contributed by atoms with E-state index in [1.54, 1.807) is 0 Å². The van der Waals surface area contributed by atoms with Crippen molar-refractivity contribution in [2.24, 2.45) is 0 Å². The minimum Gasteiger partial charge on any atom is -0.385 e. The molecule has 101 valence electrons. The first-order valence-corrected chi connectivity index (χ1v) is 6.69. The van der Waals surface area contributed by atoms with Crippen molar-refractivity contribution in [3.63, 3.8) is 0 Å². The molecule has 0 unspecified atom stereocenters. The van der Waals surface area contributed by atoms with Gasteiger partial charge in [-0.2, -0.15) is 0 Å². The Hall–Kier alpha value is -1.55. The lowest BCUT2D eigenvalue weighted by molar-refractivity contribution is -0.125. The summed E-state index contributed by atoms with van der Waals surface area (Å²) in [6.07, 6.45) is 2.03. The zero-order chi connectivity index (χ0) is 13.6. The summed E-state index contributed by atoms with van der Waals surface area (Å²) in [5.41, 5.74) is 2.33. The zero-order valence-corrected chi connectivity index (χ0v) is 11.4. The quantitative estimate of drug-likeness (QED) is 0.838. The molecule has 1 heterocycles. The second-order valence-corrected chi connectivity index (χ2v) is 5.61. The maximum Gasteiger partial charge on any atom is 0.141 e. The second kappa shape index (κ2) is 4.23. The molecule has 1 aliphatic heterocycles. The van der Waals surface area contributed by atoms with Crippen molar-refractivity contribution in [2.75, 3.05) is 23.9 Å². The monoisotopic (exact) mass is 259 g/mol. The molecule has 1 aromatic carbocycles. The molecule has 0 amide bonds. The van der Waals surface area contributed by atoms with Gasteiger partial charge in [0.2, 0.25) is 0 Å². The van der Waals surface area contributed by atoms with Crippen molar-refractivity contribution in [1.29, 1.82) is 0 Å². The van der Waals surface area contributed by atoms with Gasteiger partial charge in [-0.05, 0) is 30.5 Å². The van der Waals surface area contributed by atoms with Crippen LogP contribution in [0, 0.1) is 6.67 Å². The van der Waals surface area contributed by atoms with E-state index in [4.69, 9.17) is 0 Å². The molecule has 1 saturated carbocycles. The summed E-state index contributed by atoms with van der Waals surface area (Å²) < 4.78 is 0. The molecule has 0 atom stereocenters. The molecule has 2 aliphatic rings. The lowest BCUT2D eigenvalue weighted by atomic mass is 9.79. The molecule has 19 heavy (non-hydrogen) atoms. The van der Waals surface area contributed by atoms with Gasteiger partial charge in [0.15, 0.2) is 0 Å². The molecular weight excluding hydrogens is 240 g/mol. The van der Waals surface area contributed by atoms with Gasteiger partial charge in [-0.15, -0.1) is 0 Å². The number of hydrogen-bond acceptors (Lipinski definition) is 4. The Labute approximate surface area is 113 Å². The Morgan fingerprint density at radius 2 is 1.74 bits per heavy atom. The number of ketones is 1. The number of hydrogen-bond donors (Lipinski definition) is 1. The van der Waals surface area contributed by atoms with E-state index in [0.29, 0.717) is 25.7 Å². The fraction of sp³-hybridized carbons (Fsp3) is 0.467. The van der Waals surface area contributed by atoms with E-state index in [1.165, 1.54) is 0 Å². The van der Waals surface area contributed by atoms with Crippen LogP contribution >= 0.6 is 0 Å². The van der Waals surface area contributed by atoms with Crippen LogP contribution in [0.25, 0.3) is 0 Å². The van der Waals surface area contributed by atoms with Crippen molar-refractivity contribution in [3.05, 3.63) is 30.4 Å². The topological polar surface area (TPSA) is 43.8 Å². The summed E-state index contributed by atoms with van der Waals surface area (Å²) in [5.74, 6) is 0.260. The fourth-order valence-corrected chi connectivity index (χ4v) is 3.01. The maximum atomic E-state index is 11.3. The molecular formula is C15H19N2O2. The van der Waals surface area contributed by atoms with Gasteiger partial charge in [-0.1, -0.05) is 6.07 Å². The van der Waals surface area contributed by atoms with Crippen LogP contribution in [0.1, 0.15) is 31.2 Å². The van der Waals surface area contributed by atoms with E-state index in [2.05, 4.69) is 9.80 Å². The Morgan fingerprint density at radius 3 is 2.42 bits per heavy atom. The molecule has 0 bridgehead atoms. The molecule has 0 aromatic heterocycles. The summed E-state index contributed by atoms with van der Waals surface area (Å²) in [7, 11) is 4.01. The molecule has 1 fully saturated rings. The highest BCUT2D eigenvalue weighted by atomic mass is 16.3. The van der Waals surface area contributed by atoms with Crippen LogP contribution in [-0.2, 0) is 10.4 Å². The molecule has 1 N–H and O–H groups in total. The predicted octanol–water partition coefficient (Wildman–Crippen LogP) is 2.02. The molecule has 4 nitrogen and oxygen atoms in total. The van der Waals surface area contributed by atoms with Gasteiger partial charge in [-0.3, -0.25) is 4.79 Å². The van der Waals surface area contributed by atoms with Gasteiger partial charge in [0.1, 0.15) is 12.5 Å². The predicted molar refractivity (Wildman–Crippen MR) is 74.9 cm³/mol. The van der Waals surface area contributed by atoms with Crippen molar-refractivity contribution in [3.8, 4) is 0 Å². The minimum atomic E-state index is -0.842. The van der Waals surface area contributed by atoms with Crippen molar-refractivity contribution >= 4 is 17.2 Å². The van der Waals surface area contributed by atoms with E-state index < -0.39 is 5.60 Å². The number of anilines is 2. The van der Waals surface area contributed by atoms with E-state index in [9.17, 15) is 9.90 Å². The van der Waals surface area contributed by atoms with Gasteiger partial charge in [0.25, 0.3) is 0 Å². The Bertz CT molecular complexity index is 517. The van der Waals surface area contributed by atoms with E-state index >= 15 is 0 Å². The number of benzene rings is 1. The van der Waals surface area contributed by atoms with Crippen LogP contribution in [0.5, 0.6) is 0 Å². The number of aliphatic hydroxyl groups is 1. The summed E-state index contributed by atoms with van der Waals surface area (Å²) in [6, 6.07) is 6.07. The number of fused-ring (bicyclic) bond motifs is 1. The Balaban J connectivity index is 1.94. The number of Topliss-reactive ketones (excluding diaryl/α,β-unsaturated/α-hetero) is 1. The van der Waals surface area contributed by atoms with Gasteiger partial charge in [-0.25, -0.2) is 0 Å². The molecule has 4 heteroatoms. The van der Waals surface area contributed by atoms with Crippen LogP contribution in [0.15, 0.2) is 18.2 Å². The summed E-state index contributed by atoms with van der Waals surface area (Å²) in [5, 5.41) is 10.7. The molecule has 1 aliphatic carbocycles. The number of nitrogens with zero attached hydrogens (tertiary/aromatic N) is 2. The molecule has 0 spiro atoms. The van der Waals surface area contributed by atoms with Crippen molar-refractivity contribution in [1.82, 2.24) is 0 Å². The molecule has 3 rings (SSSR count). The van der Waals surface area contributed by atoms with Crippen LogP contribution in [0.2, 0.25) is 0 Å². The van der Waals surface area contributed by atoms with Crippen molar-refractivity contribution in [2.45, 2.75) is 31.3 Å². The smallest absolute Gasteiger partial charge is 0.141 e. The summed E-state index contributed by atoms with van der Waals surface area (Å²) in [6.45, 7) is 2.02. The highest BCUT2D eigenvalue weighted by molar-refractivity contribution is 5.80. The van der Waals surface area contributed by atoms with Gasteiger partial charge >= 0.3 is 0 Å². The van der Waals surface area contributed by atoms with Crippen LogP contribution in [-0.4, -0.2) is 25.0 Å². The maximum absolute atomic E-state index is 11.3. The lowest BCUT2D eigenvalue weighted by Gasteiger charge is -2.32. The number of rotatable bonds is 1. The van der Waals surface area contributed by atoms with Gasteiger partial charge in [0.05, 0.1) is 17.0 Å². The number of carbonyl (C=O) groups is 1. The first-order chi connectivity index (χ1) is 8.99. The number of carbonyl (C=O) groups excluding carboxylic acids is 1. The van der Waals surface area contributed by atoms with Crippen LogP contribution in [0.3, 0.4) is 0 Å². The molecule has 0 saturated heterocycles. The second-order valence-electron chi connectivity index (χ2n) is 5.61. The van der Waals surface area contributed by atoms with E-state index in [1.807, 2.05) is 39.0 Å². The molecule has 1 aromatic rings. The summed E-state index contributed by atoms with van der Waals surface area (Å²) >= 11 is 0. The first kappa shape index (κ1) is 12.5. The zero-order valence-electron chi connectivity index (χ0n) is 11.4. The van der Waals surface area contributed by atoms with Gasteiger partial charge < -0.3 is 14.9 Å². The normalized spacial score (nSPS) is 21.7. The van der Waals surface area contributed by atoms with Crippen molar-refractivity contribution < 1.29 is 9.90 Å². The third-order valence-electron chi connectivity index (χ3n) is 4.25. The van der Waals surface area contributed by atoms with Crippen LogP contribution in [0.4, 0.5) is 11.4 Å². The van der Waals surface area contributed by atoms with E-state index in [-0.39, 0.29) is 5.78 Å². The highest BCUT2D eigenvalue weighted by Gasteiger charge is 2.35.